The zero-order valence-corrected chi connectivity index (χ0v) is 35.7. The van der Waals surface area contributed by atoms with Gasteiger partial charge >= 0.3 is 0 Å². The largest absolute Gasteiger partial charge is 0.504 e. The second kappa shape index (κ2) is 21.3. The quantitative estimate of drug-likeness (QED) is 0.106. The minimum absolute atomic E-state index is 0.0133. The van der Waals surface area contributed by atoms with Gasteiger partial charge in [-0.3, -0.25) is 0 Å². The van der Waals surface area contributed by atoms with Gasteiger partial charge in [-0.2, -0.15) is 17.6 Å². The predicted octanol–water partition coefficient (Wildman–Crippen LogP) is 15.0. The summed E-state index contributed by atoms with van der Waals surface area (Å²) in [5.74, 6) is 4.58. The number of rotatable bonds is 13. The Balaban J connectivity index is 0.000000196. The van der Waals surface area contributed by atoms with Gasteiger partial charge in [0.2, 0.25) is 23.3 Å². The number of aryl methyl sites for hydroxylation is 1. The summed E-state index contributed by atoms with van der Waals surface area (Å²) in [6.07, 6.45) is 25.1. The lowest BCUT2D eigenvalue weighted by molar-refractivity contribution is 0.150. The van der Waals surface area contributed by atoms with E-state index in [1.165, 1.54) is 51.4 Å². The molecule has 4 nitrogen and oxygen atoms in total. The van der Waals surface area contributed by atoms with Gasteiger partial charge in [-0.25, -0.2) is 0 Å². The smallest absolute Gasteiger partial charge is 0.205 e. The van der Waals surface area contributed by atoms with Crippen LogP contribution in [0.15, 0.2) is 10.5 Å². The maximum absolute atomic E-state index is 14.8. The summed E-state index contributed by atoms with van der Waals surface area (Å²) < 4.78 is 76.1. The molecule has 58 heavy (non-hydrogen) atoms. The van der Waals surface area contributed by atoms with E-state index in [1.54, 1.807) is 0 Å². The first-order valence-corrected chi connectivity index (χ1v) is 23.2. The number of phenols is 1. The van der Waals surface area contributed by atoms with Crippen LogP contribution in [0.25, 0.3) is 11.0 Å². The van der Waals surface area contributed by atoms with Crippen molar-refractivity contribution in [3.05, 3.63) is 51.8 Å². The third-order valence-corrected chi connectivity index (χ3v) is 13.5. The Labute approximate surface area is 345 Å². The van der Waals surface area contributed by atoms with Crippen LogP contribution in [-0.4, -0.2) is 17.3 Å². The van der Waals surface area contributed by atoms with Crippen LogP contribution < -0.4 is 9.47 Å². The molecule has 0 radical (unpaired) electrons. The SMILES string of the molecule is CCCCCC1CCc2c(C#CC3CCC(CCC)CC3)c(O)c(F)c(F)c2O1.CCCCCC1CCc2c(c(F)c(F)c3oc(C4CCC(CCC)CC4)cc23)O1. The van der Waals surface area contributed by atoms with E-state index < -0.39 is 29.0 Å². The van der Waals surface area contributed by atoms with Crippen LogP contribution >= 0.6 is 0 Å². The molecule has 3 heterocycles. The molecule has 7 rings (SSSR count). The molecule has 2 aliphatic carbocycles. The second-order valence-corrected chi connectivity index (χ2v) is 17.8. The average molecular weight is 809 g/mol. The highest BCUT2D eigenvalue weighted by Gasteiger charge is 2.33. The molecular formula is C50H68F4O4. The van der Waals surface area contributed by atoms with E-state index in [4.69, 9.17) is 13.9 Å². The molecule has 2 atom stereocenters. The summed E-state index contributed by atoms with van der Waals surface area (Å²) in [5.41, 5.74) is 1.63. The Morgan fingerprint density at radius 1 is 0.603 bits per heavy atom. The van der Waals surface area contributed by atoms with Gasteiger partial charge in [0.1, 0.15) is 5.76 Å². The molecule has 2 fully saturated rings. The van der Waals surface area contributed by atoms with E-state index >= 15 is 0 Å². The number of phenolic OH excluding ortho intramolecular Hbond substituents is 1. The predicted molar refractivity (Wildman–Crippen MR) is 225 cm³/mol. The topological polar surface area (TPSA) is 51.8 Å². The molecule has 0 amide bonds. The molecule has 1 aromatic heterocycles. The van der Waals surface area contributed by atoms with Crippen molar-refractivity contribution in [1.29, 1.82) is 0 Å². The van der Waals surface area contributed by atoms with E-state index in [0.29, 0.717) is 17.9 Å². The highest BCUT2D eigenvalue weighted by molar-refractivity contribution is 5.85. The monoisotopic (exact) mass is 809 g/mol. The van der Waals surface area contributed by atoms with E-state index in [9.17, 15) is 22.7 Å². The zero-order valence-electron chi connectivity index (χ0n) is 35.7. The van der Waals surface area contributed by atoms with Crippen molar-refractivity contribution in [3.63, 3.8) is 0 Å². The van der Waals surface area contributed by atoms with Crippen LogP contribution in [0.3, 0.4) is 0 Å². The van der Waals surface area contributed by atoms with E-state index in [2.05, 4.69) is 39.5 Å². The summed E-state index contributed by atoms with van der Waals surface area (Å²) in [5, 5.41) is 11.0. The summed E-state index contributed by atoms with van der Waals surface area (Å²) in [6.45, 7) is 8.76. The highest BCUT2D eigenvalue weighted by atomic mass is 19.2. The Hall–Kier alpha value is -3.34. The van der Waals surface area contributed by atoms with Crippen LogP contribution in [0.2, 0.25) is 0 Å². The molecule has 2 aromatic carbocycles. The van der Waals surface area contributed by atoms with E-state index in [-0.39, 0.29) is 40.8 Å². The average Bonchev–Trinajstić information content (AvgIpc) is 3.70. The summed E-state index contributed by atoms with van der Waals surface area (Å²) in [6, 6.07) is 1.97. The Kier molecular flexibility index (Phi) is 16.2. The van der Waals surface area contributed by atoms with Gasteiger partial charge < -0.3 is 19.0 Å². The molecule has 320 valence electrons. The Morgan fingerprint density at radius 2 is 1.14 bits per heavy atom. The number of aromatic hydroxyl groups is 1. The van der Waals surface area contributed by atoms with Crippen LogP contribution in [0.1, 0.15) is 197 Å². The number of fused-ring (bicyclic) bond motifs is 4. The first-order valence-electron chi connectivity index (χ1n) is 23.2. The third kappa shape index (κ3) is 10.5. The van der Waals surface area contributed by atoms with E-state index in [1.807, 2.05) is 6.07 Å². The van der Waals surface area contributed by atoms with Gasteiger partial charge in [0, 0.05) is 28.3 Å². The minimum atomic E-state index is -1.24. The van der Waals surface area contributed by atoms with Gasteiger partial charge in [0.15, 0.2) is 22.8 Å². The molecule has 2 aliphatic heterocycles. The lowest BCUT2D eigenvalue weighted by atomic mass is 9.79. The number of hydrogen-bond donors (Lipinski definition) is 1. The fraction of sp³-hybridized carbons (Fsp3) is 0.680. The number of ether oxygens (including phenoxy) is 2. The molecule has 0 spiro atoms. The number of hydrogen-bond acceptors (Lipinski definition) is 4. The first-order chi connectivity index (χ1) is 28.2. The number of halogens is 4. The number of furan rings is 1. The maximum Gasteiger partial charge on any atom is 0.205 e. The molecule has 3 aromatic rings. The molecule has 4 aliphatic rings. The molecular weight excluding hydrogens is 741 g/mol. The molecule has 8 heteroatoms. The van der Waals surface area contributed by atoms with E-state index in [0.717, 1.165) is 125 Å². The first kappa shape index (κ1) is 44.2. The van der Waals surface area contributed by atoms with Crippen molar-refractivity contribution in [2.24, 2.45) is 17.8 Å². The van der Waals surface area contributed by atoms with Crippen molar-refractivity contribution in [1.82, 2.24) is 0 Å². The Morgan fingerprint density at radius 3 is 1.71 bits per heavy atom. The van der Waals surface area contributed by atoms with Crippen molar-refractivity contribution in [2.75, 3.05) is 0 Å². The second-order valence-electron chi connectivity index (χ2n) is 17.8. The van der Waals surface area contributed by atoms with Gasteiger partial charge in [-0.1, -0.05) is 90.9 Å². The van der Waals surface area contributed by atoms with Crippen molar-refractivity contribution in [3.8, 4) is 29.1 Å². The van der Waals surface area contributed by atoms with Crippen molar-refractivity contribution in [2.45, 2.75) is 200 Å². The number of benzene rings is 2. The molecule has 2 saturated carbocycles. The number of unbranched alkanes of at least 4 members (excludes halogenated alkanes) is 4. The minimum Gasteiger partial charge on any atom is -0.504 e. The maximum atomic E-state index is 14.8. The standard InChI is InChI=1S/2C25H34F2O2/c1-3-5-6-8-18-13-14-19-20-15-21(17-11-9-16(7-4-2)10-12-17)29-25(20)23(27)22(26)24(19)28-18;1-3-5-6-8-19-14-16-21-20(24(28)22(26)23(27)25(21)29-19)15-13-18-11-9-17(7-4-2)10-12-18/h15-18H,3-14H2,1-2H3;17-19,28H,3-12,14,16H2,1-2H3. The van der Waals surface area contributed by atoms with Gasteiger partial charge in [-0.15, -0.1) is 0 Å². The molecule has 0 saturated heterocycles. The fourth-order valence-corrected chi connectivity index (χ4v) is 10.1. The van der Waals surface area contributed by atoms with Gasteiger partial charge in [0.25, 0.3) is 0 Å². The third-order valence-electron chi connectivity index (χ3n) is 13.5. The lowest BCUT2D eigenvalue weighted by Gasteiger charge is -2.28. The molecule has 2 unspecified atom stereocenters. The van der Waals surface area contributed by atoms with Crippen molar-refractivity contribution < 1.29 is 36.6 Å². The van der Waals surface area contributed by atoms with Gasteiger partial charge in [-0.05, 0) is 121 Å². The highest BCUT2D eigenvalue weighted by Crippen LogP contribution is 2.45. The Bertz CT molecular complexity index is 1860. The van der Waals surface area contributed by atoms with Crippen LogP contribution in [0.5, 0.6) is 17.2 Å². The zero-order chi connectivity index (χ0) is 41.2. The van der Waals surface area contributed by atoms with Crippen LogP contribution in [0.4, 0.5) is 17.6 Å². The fourth-order valence-electron chi connectivity index (χ4n) is 10.1. The molecule has 1 N–H and O–H groups in total. The van der Waals surface area contributed by atoms with Gasteiger partial charge in [0.05, 0.1) is 17.8 Å². The summed E-state index contributed by atoms with van der Waals surface area (Å²) in [4.78, 5) is 0. The summed E-state index contributed by atoms with van der Waals surface area (Å²) >= 11 is 0. The molecule has 0 bridgehead atoms. The van der Waals surface area contributed by atoms with Crippen molar-refractivity contribution >= 4 is 11.0 Å². The normalized spacial score (nSPS) is 24.1. The van der Waals surface area contributed by atoms with Crippen LogP contribution in [0, 0.1) is 52.9 Å². The van der Waals surface area contributed by atoms with Crippen LogP contribution in [-0.2, 0) is 12.8 Å². The summed E-state index contributed by atoms with van der Waals surface area (Å²) in [7, 11) is 0. The lowest BCUT2D eigenvalue weighted by Crippen LogP contribution is -2.24.